The van der Waals surface area contributed by atoms with E-state index in [1.54, 1.807) is 49.7 Å². The van der Waals surface area contributed by atoms with Gasteiger partial charge in [0, 0.05) is 36.2 Å². The number of allylic oxidation sites excluding steroid dienone is 3. The lowest BCUT2D eigenvalue weighted by molar-refractivity contribution is -0.304. The van der Waals surface area contributed by atoms with Crippen LogP contribution in [0, 0.1) is 23.7 Å². The minimum absolute atomic E-state index is 0.106. The number of ether oxygens (including phenoxy) is 3. The molecule has 1 aromatic heterocycles. The third kappa shape index (κ3) is 12.8. The fraction of sp³-hybridized carbons (Fsp3) is 0.529. The summed E-state index contributed by atoms with van der Waals surface area (Å²) in [5.74, 6) is -2.89. The van der Waals surface area contributed by atoms with Crippen LogP contribution in [0.15, 0.2) is 103 Å². The first-order valence-corrected chi connectivity index (χ1v) is 23.0. The number of aromatic nitrogens is 3. The predicted molar refractivity (Wildman–Crippen MR) is 248 cm³/mol. The summed E-state index contributed by atoms with van der Waals surface area (Å²) in [6, 6.07) is 23.6. The number of nitrogens with zero attached hydrogens (tertiary/aromatic N) is 5. The number of hydrogen-bond acceptors (Lipinski definition) is 13. The van der Waals surface area contributed by atoms with Crippen molar-refractivity contribution in [1.82, 2.24) is 24.8 Å². The number of cyclic esters (lactones) is 1. The lowest BCUT2D eigenvalue weighted by Gasteiger charge is -2.46. The molecule has 6 rings (SSSR count). The molecule has 2 aliphatic rings. The summed E-state index contributed by atoms with van der Waals surface area (Å²) in [5, 5.41) is 56.4. The Morgan fingerprint density at radius 3 is 2.35 bits per heavy atom. The van der Waals surface area contributed by atoms with Crippen LogP contribution in [0.2, 0.25) is 0 Å². The third-order valence-electron chi connectivity index (χ3n) is 13.2. The van der Waals surface area contributed by atoms with Gasteiger partial charge in [-0.05, 0) is 82.8 Å². The Labute approximate surface area is 383 Å². The van der Waals surface area contributed by atoms with E-state index in [0.29, 0.717) is 38.9 Å². The molecule has 2 unspecified atom stereocenters. The molecule has 4 N–H and O–H groups in total. The molecule has 4 aromatic rings. The first-order valence-electron chi connectivity index (χ1n) is 23.0. The number of aliphatic hydroxyl groups is 4. The largest absolute Gasteiger partial charge is 0.462 e. The number of fused-ring (bicyclic) bond motifs is 1. The normalized spacial score (nSPS) is 31.2. The van der Waals surface area contributed by atoms with Gasteiger partial charge in [-0.2, -0.15) is 0 Å². The molecule has 0 spiro atoms. The Morgan fingerprint density at radius 1 is 0.908 bits per heavy atom. The zero-order valence-electron chi connectivity index (χ0n) is 38.9. The number of likely N-dealkylation sites (N-methyl/N-ethyl adjacent to an activating group) is 1. The number of carbonyl (C=O) groups excluding carboxylic acids is 2. The molecule has 3 aromatic carbocycles. The van der Waals surface area contributed by atoms with Gasteiger partial charge in [0.25, 0.3) is 0 Å². The van der Waals surface area contributed by atoms with Gasteiger partial charge in [-0.25, -0.2) is 4.68 Å². The van der Waals surface area contributed by atoms with Gasteiger partial charge in [0.1, 0.15) is 12.2 Å². The highest BCUT2D eigenvalue weighted by molar-refractivity contribution is 5.92. The second-order valence-corrected chi connectivity index (χ2v) is 18.3. The Morgan fingerprint density at radius 2 is 1.63 bits per heavy atom. The molecule has 0 amide bonds. The highest BCUT2D eigenvalue weighted by atomic mass is 16.7. The van der Waals surface area contributed by atoms with Crippen molar-refractivity contribution in [2.75, 3.05) is 27.2 Å². The smallest absolute Gasteiger partial charge is 0.308 e. The molecule has 0 radical (unpaired) electrons. The fourth-order valence-corrected chi connectivity index (χ4v) is 9.39. The number of ketones is 1. The summed E-state index contributed by atoms with van der Waals surface area (Å²) in [6.45, 7) is 10.4. The van der Waals surface area contributed by atoms with Crippen LogP contribution in [0.5, 0.6) is 0 Å². The van der Waals surface area contributed by atoms with Gasteiger partial charge in [-0.3, -0.25) is 14.5 Å². The molecule has 14 heteroatoms. The van der Waals surface area contributed by atoms with Crippen molar-refractivity contribution in [1.29, 1.82) is 0 Å². The van der Waals surface area contributed by atoms with Crippen LogP contribution in [0.25, 0.3) is 16.5 Å². The lowest BCUT2D eigenvalue weighted by atomic mass is 9.79. The summed E-state index contributed by atoms with van der Waals surface area (Å²) in [4.78, 5) is 31.6. The highest BCUT2D eigenvalue weighted by Crippen LogP contribution is 2.35. The average Bonchev–Trinajstić information content (AvgIpc) is 3.76. The SMILES string of the molecule is CC[C@H]1OC(=O)C[C@@H](O)[C@H](C)[C@@H](O[C@@H]2O[C@H](C)[C@@H](O)C(N(C)C)C2O)[C@@H](CCN(Cc2ccccc2)Cc2cn(-c3cccc4ccccc34)nn2)C[C@@H](C)C(=O)/C=C/C(C)=C/[C@@H]1CO. The number of hydrogen-bond donors (Lipinski definition) is 4. The summed E-state index contributed by atoms with van der Waals surface area (Å²) < 4.78 is 20.8. The van der Waals surface area contributed by atoms with E-state index < -0.39 is 78.6 Å². The molecule has 1 fully saturated rings. The van der Waals surface area contributed by atoms with Gasteiger partial charge >= 0.3 is 5.97 Å². The van der Waals surface area contributed by atoms with Gasteiger partial charge in [0.05, 0.1) is 61.1 Å². The zero-order chi connectivity index (χ0) is 46.8. The van der Waals surface area contributed by atoms with Crippen molar-refractivity contribution in [2.24, 2.45) is 23.7 Å². The van der Waals surface area contributed by atoms with Crippen molar-refractivity contribution in [3.8, 4) is 5.69 Å². The number of rotatable bonds is 13. The lowest BCUT2D eigenvalue weighted by Crippen LogP contribution is -2.63. The Bertz CT molecular complexity index is 2210. The number of esters is 1. The van der Waals surface area contributed by atoms with E-state index in [-0.39, 0.29) is 18.8 Å². The second kappa shape index (κ2) is 23.2. The zero-order valence-corrected chi connectivity index (χ0v) is 38.9. The second-order valence-electron chi connectivity index (χ2n) is 18.3. The minimum Gasteiger partial charge on any atom is -0.462 e. The average molecular weight is 896 g/mol. The van der Waals surface area contributed by atoms with E-state index in [4.69, 9.17) is 14.2 Å². The van der Waals surface area contributed by atoms with Crippen molar-refractivity contribution in [3.05, 3.63) is 114 Å². The molecule has 0 aliphatic carbocycles. The molecule has 3 heterocycles. The third-order valence-corrected chi connectivity index (χ3v) is 13.2. The van der Waals surface area contributed by atoms with Crippen LogP contribution < -0.4 is 0 Å². The molecule has 65 heavy (non-hydrogen) atoms. The predicted octanol–water partition coefficient (Wildman–Crippen LogP) is 5.64. The molecule has 1 saturated heterocycles. The van der Waals surface area contributed by atoms with Crippen LogP contribution >= 0.6 is 0 Å². The fourth-order valence-electron chi connectivity index (χ4n) is 9.39. The summed E-state index contributed by atoms with van der Waals surface area (Å²) in [5.41, 5.74) is 3.51. The first-order chi connectivity index (χ1) is 31.2. The van der Waals surface area contributed by atoms with E-state index in [1.165, 1.54) is 0 Å². The van der Waals surface area contributed by atoms with E-state index in [1.807, 2.05) is 75.5 Å². The molecule has 0 saturated carbocycles. The van der Waals surface area contributed by atoms with Crippen molar-refractivity contribution in [2.45, 2.75) is 122 Å². The number of benzene rings is 3. The number of aliphatic hydroxyl groups excluding tert-OH is 4. The minimum atomic E-state index is -1.28. The summed E-state index contributed by atoms with van der Waals surface area (Å²) >= 11 is 0. The maximum Gasteiger partial charge on any atom is 0.308 e. The Hall–Kier alpha value is -4.64. The molecular formula is C51H69N5O9. The maximum atomic E-state index is 14.0. The van der Waals surface area contributed by atoms with Crippen LogP contribution in [0.1, 0.15) is 71.6 Å². The number of carbonyl (C=O) groups is 2. The Kier molecular flexibility index (Phi) is 17.8. The standard InChI is InChI=1S/C51H69N5O9/c1-8-45-39(31-57)25-32(2)21-22-43(58)33(3)26-38(50(34(4)44(59)27-46(60)64-45)65-51-49(62)47(54(6)7)48(61)35(5)63-51)23-24-55(28-36-15-10-9-11-16-36)29-40-30-56(53-52-40)42-20-14-18-37-17-12-13-19-41(37)42/h9-22,25,30,33-35,38-39,44-45,47-51,57,59,61-62H,8,23-24,26-29,31H2,1-7H3/b22-21+,32-25+/t33-,34+,35-,38+,39-,44-,45-,47?,48-,49?,50-,51+/m1/s1. The van der Waals surface area contributed by atoms with Gasteiger partial charge in [0.2, 0.25) is 0 Å². The van der Waals surface area contributed by atoms with Crippen LogP contribution in [-0.4, -0.2) is 133 Å². The topological polar surface area (TPSA) is 180 Å². The Balaban J connectivity index is 1.37. The van der Waals surface area contributed by atoms with E-state index in [9.17, 15) is 30.0 Å². The monoisotopic (exact) mass is 896 g/mol. The molecule has 2 aliphatic heterocycles. The van der Waals surface area contributed by atoms with Crippen molar-refractivity contribution < 1.29 is 44.2 Å². The molecule has 0 bridgehead atoms. The highest BCUT2D eigenvalue weighted by Gasteiger charge is 2.47. The van der Waals surface area contributed by atoms with Crippen LogP contribution in [0.3, 0.4) is 0 Å². The molecule has 352 valence electrons. The van der Waals surface area contributed by atoms with E-state index >= 15 is 0 Å². The quantitative estimate of drug-likeness (QED) is 0.121. The molecular weight excluding hydrogens is 827 g/mol. The van der Waals surface area contributed by atoms with E-state index in [0.717, 1.165) is 33.3 Å². The molecule has 12 atom stereocenters. The van der Waals surface area contributed by atoms with E-state index in [2.05, 4.69) is 45.5 Å². The maximum absolute atomic E-state index is 14.0. The van der Waals surface area contributed by atoms with Crippen LogP contribution in [0.4, 0.5) is 0 Å². The van der Waals surface area contributed by atoms with Gasteiger partial charge in [0.15, 0.2) is 12.1 Å². The van der Waals surface area contributed by atoms with Crippen molar-refractivity contribution >= 4 is 22.5 Å². The van der Waals surface area contributed by atoms with Gasteiger partial charge < -0.3 is 39.5 Å². The summed E-state index contributed by atoms with van der Waals surface area (Å²) in [7, 11) is 3.54. The van der Waals surface area contributed by atoms with Crippen molar-refractivity contribution in [3.63, 3.8) is 0 Å². The van der Waals surface area contributed by atoms with Gasteiger partial charge in [-0.15, -0.1) is 5.10 Å². The van der Waals surface area contributed by atoms with Crippen LogP contribution in [-0.2, 0) is 36.9 Å². The molecule has 14 nitrogen and oxygen atoms in total. The summed E-state index contributed by atoms with van der Waals surface area (Å²) in [6.07, 6.45) is 0.957. The first kappa shape index (κ1) is 49.8. The van der Waals surface area contributed by atoms with Gasteiger partial charge in [-0.1, -0.05) is 110 Å².